The standard InChI is InChI=1S/C22H16N2O/c1-25-17-8-10-18-19-9-7-16(15-5-3-2-4-6-15)13-21(19)24-12-11-23-22(24)20(18)14-17/h2-14H,1H3. The molecule has 0 fully saturated rings. The fourth-order valence-corrected chi connectivity index (χ4v) is 3.54. The first-order valence-electron chi connectivity index (χ1n) is 8.27. The van der Waals surface area contributed by atoms with E-state index in [1.807, 2.05) is 24.5 Å². The molecule has 0 saturated carbocycles. The minimum Gasteiger partial charge on any atom is -0.497 e. The second-order valence-electron chi connectivity index (χ2n) is 6.13. The van der Waals surface area contributed by atoms with Gasteiger partial charge in [0.05, 0.1) is 12.6 Å². The lowest BCUT2D eigenvalue weighted by atomic mass is 10.0. The van der Waals surface area contributed by atoms with Gasteiger partial charge in [-0.05, 0) is 40.8 Å². The first kappa shape index (κ1) is 14.1. The Hall–Kier alpha value is -3.33. The van der Waals surface area contributed by atoms with Crippen molar-refractivity contribution in [2.24, 2.45) is 0 Å². The molecular formula is C22H16N2O. The van der Waals surface area contributed by atoms with E-state index >= 15 is 0 Å². The number of benzene rings is 3. The molecule has 0 bridgehead atoms. The largest absolute Gasteiger partial charge is 0.497 e. The Morgan fingerprint density at radius 3 is 2.48 bits per heavy atom. The van der Waals surface area contributed by atoms with Crippen molar-refractivity contribution in [3.05, 3.63) is 79.1 Å². The molecule has 0 saturated heterocycles. The minimum absolute atomic E-state index is 0.845. The van der Waals surface area contributed by atoms with E-state index in [-0.39, 0.29) is 0 Å². The average Bonchev–Trinajstić information content (AvgIpc) is 3.18. The zero-order chi connectivity index (χ0) is 16.8. The zero-order valence-corrected chi connectivity index (χ0v) is 13.8. The lowest BCUT2D eigenvalue weighted by molar-refractivity contribution is 0.415. The van der Waals surface area contributed by atoms with E-state index in [0.29, 0.717) is 0 Å². The molecule has 0 aliphatic rings. The van der Waals surface area contributed by atoms with E-state index in [0.717, 1.165) is 22.3 Å². The monoisotopic (exact) mass is 324 g/mol. The predicted molar refractivity (Wildman–Crippen MR) is 102 cm³/mol. The maximum Gasteiger partial charge on any atom is 0.145 e. The van der Waals surface area contributed by atoms with Gasteiger partial charge in [-0.1, -0.05) is 42.5 Å². The summed E-state index contributed by atoms with van der Waals surface area (Å²) in [6.45, 7) is 0. The summed E-state index contributed by atoms with van der Waals surface area (Å²) >= 11 is 0. The summed E-state index contributed by atoms with van der Waals surface area (Å²) in [4.78, 5) is 4.58. The molecule has 3 heteroatoms. The summed E-state index contributed by atoms with van der Waals surface area (Å²) in [6.07, 6.45) is 3.87. The maximum absolute atomic E-state index is 5.40. The molecule has 2 heterocycles. The number of nitrogens with zero attached hydrogens (tertiary/aromatic N) is 2. The molecule has 3 nitrogen and oxygen atoms in total. The van der Waals surface area contributed by atoms with Gasteiger partial charge in [-0.3, -0.25) is 4.40 Å². The van der Waals surface area contributed by atoms with Crippen LogP contribution in [0.25, 0.3) is 38.4 Å². The van der Waals surface area contributed by atoms with Crippen LogP contribution in [0.2, 0.25) is 0 Å². The lowest BCUT2D eigenvalue weighted by Gasteiger charge is -2.11. The third kappa shape index (κ3) is 2.09. The molecule has 2 aromatic heterocycles. The summed E-state index contributed by atoms with van der Waals surface area (Å²) < 4.78 is 7.56. The molecule has 0 N–H and O–H groups in total. The fraction of sp³-hybridized carbons (Fsp3) is 0.0455. The third-order valence-corrected chi connectivity index (χ3v) is 4.76. The Bertz CT molecular complexity index is 1220. The van der Waals surface area contributed by atoms with Crippen molar-refractivity contribution < 1.29 is 4.74 Å². The number of ether oxygens (including phenoxy) is 1. The van der Waals surface area contributed by atoms with Crippen molar-refractivity contribution in [1.29, 1.82) is 0 Å². The number of hydrogen-bond acceptors (Lipinski definition) is 2. The second-order valence-corrected chi connectivity index (χ2v) is 6.13. The highest BCUT2D eigenvalue weighted by atomic mass is 16.5. The first-order valence-corrected chi connectivity index (χ1v) is 8.27. The predicted octanol–water partition coefficient (Wildman–Crippen LogP) is 5.32. The molecule has 0 spiro atoms. The van der Waals surface area contributed by atoms with Crippen molar-refractivity contribution in [2.45, 2.75) is 0 Å². The van der Waals surface area contributed by atoms with Crippen LogP contribution in [-0.2, 0) is 0 Å². The van der Waals surface area contributed by atoms with Crippen molar-refractivity contribution in [3.8, 4) is 16.9 Å². The summed E-state index contributed by atoms with van der Waals surface area (Å²) in [5.41, 5.74) is 4.53. The summed E-state index contributed by atoms with van der Waals surface area (Å²) in [6, 6.07) is 23.3. The smallest absolute Gasteiger partial charge is 0.145 e. The highest BCUT2D eigenvalue weighted by Gasteiger charge is 2.11. The van der Waals surface area contributed by atoms with E-state index in [1.54, 1.807) is 7.11 Å². The van der Waals surface area contributed by atoms with Crippen LogP contribution in [0.1, 0.15) is 0 Å². The number of hydrogen-bond donors (Lipinski definition) is 0. The maximum atomic E-state index is 5.40. The highest BCUT2D eigenvalue weighted by molar-refractivity contribution is 6.12. The normalized spacial score (nSPS) is 11.4. The van der Waals surface area contributed by atoms with Gasteiger partial charge in [-0.2, -0.15) is 0 Å². The Balaban J connectivity index is 1.90. The van der Waals surface area contributed by atoms with Crippen molar-refractivity contribution >= 4 is 27.3 Å². The van der Waals surface area contributed by atoms with E-state index in [2.05, 4.69) is 64.0 Å². The van der Waals surface area contributed by atoms with Crippen molar-refractivity contribution in [3.63, 3.8) is 0 Å². The van der Waals surface area contributed by atoms with Crippen LogP contribution in [0.5, 0.6) is 5.75 Å². The Morgan fingerprint density at radius 1 is 0.800 bits per heavy atom. The SMILES string of the molecule is COc1ccc2c3ccc(-c4ccccc4)cc3n3ccnc3c2c1. The van der Waals surface area contributed by atoms with E-state index < -0.39 is 0 Å². The van der Waals surface area contributed by atoms with Crippen LogP contribution in [0.3, 0.4) is 0 Å². The van der Waals surface area contributed by atoms with E-state index in [4.69, 9.17) is 4.74 Å². The molecule has 0 unspecified atom stereocenters. The van der Waals surface area contributed by atoms with Crippen LogP contribution in [0.15, 0.2) is 79.1 Å². The van der Waals surface area contributed by atoms with E-state index in [1.165, 1.54) is 21.9 Å². The molecule has 0 radical (unpaired) electrons. The number of pyridine rings is 1. The third-order valence-electron chi connectivity index (χ3n) is 4.76. The van der Waals surface area contributed by atoms with Gasteiger partial charge < -0.3 is 4.74 Å². The highest BCUT2D eigenvalue weighted by Crippen LogP contribution is 2.33. The molecule has 0 aliphatic heterocycles. The Labute approximate surface area is 145 Å². The fourth-order valence-electron chi connectivity index (χ4n) is 3.54. The first-order chi connectivity index (χ1) is 12.3. The van der Waals surface area contributed by atoms with Gasteiger partial charge in [0.1, 0.15) is 11.4 Å². The van der Waals surface area contributed by atoms with Crippen molar-refractivity contribution in [2.75, 3.05) is 7.11 Å². The van der Waals surface area contributed by atoms with Crippen LogP contribution in [0, 0.1) is 0 Å². The van der Waals surface area contributed by atoms with E-state index in [9.17, 15) is 0 Å². The van der Waals surface area contributed by atoms with Gasteiger partial charge in [-0.15, -0.1) is 0 Å². The van der Waals surface area contributed by atoms with Crippen LogP contribution >= 0.6 is 0 Å². The summed E-state index contributed by atoms with van der Waals surface area (Å²) in [5.74, 6) is 0.845. The average molecular weight is 324 g/mol. The topological polar surface area (TPSA) is 26.5 Å². The molecule has 25 heavy (non-hydrogen) atoms. The van der Waals surface area contributed by atoms with Crippen LogP contribution in [0.4, 0.5) is 0 Å². The minimum atomic E-state index is 0.845. The molecule has 3 aromatic carbocycles. The zero-order valence-electron chi connectivity index (χ0n) is 13.8. The Kier molecular flexibility index (Phi) is 3.01. The van der Waals surface area contributed by atoms with Gasteiger partial charge in [0.2, 0.25) is 0 Å². The number of methoxy groups -OCH3 is 1. The molecule has 120 valence electrons. The van der Waals surface area contributed by atoms with Crippen molar-refractivity contribution in [1.82, 2.24) is 9.38 Å². The summed E-state index contributed by atoms with van der Waals surface area (Å²) in [5, 5.41) is 3.50. The molecule has 0 atom stereocenters. The van der Waals surface area contributed by atoms with Crippen LogP contribution in [-0.4, -0.2) is 16.5 Å². The lowest BCUT2D eigenvalue weighted by Crippen LogP contribution is -1.92. The van der Waals surface area contributed by atoms with Gasteiger partial charge >= 0.3 is 0 Å². The molecule has 0 aliphatic carbocycles. The Morgan fingerprint density at radius 2 is 1.64 bits per heavy atom. The van der Waals surface area contributed by atoms with Gasteiger partial charge in [0.15, 0.2) is 0 Å². The van der Waals surface area contributed by atoms with Crippen LogP contribution < -0.4 is 4.74 Å². The van der Waals surface area contributed by atoms with Gasteiger partial charge in [0.25, 0.3) is 0 Å². The second kappa shape index (κ2) is 5.35. The molecule has 0 amide bonds. The number of aromatic nitrogens is 2. The quantitative estimate of drug-likeness (QED) is 0.411. The molecule has 5 rings (SSSR count). The number of imidazole rings is 1. The molecular weight excluding hydrogens is 308 g/mol. The number of rotatable bonds is 2. The molecule has 5 aromatic rings. The van der Waals surface area contributed by atoms with Gasteiger partial charge in [0, 0.05) is 23.2 Å². The number of fused-ring (bicyclic) bond motifs is 6. The van der Waals surface area contributed by atoms with Gasteiger partial charge in [-0.25, -0.2) is 4.98 Å². The summed E-state index contributed by atoms with van der Waals surface area (Å²) in [7, 11) is 1.69.